The average Bonchev–Trinajstić information content (AvgIpc) is 2.95. The number of rotatable bonds is 1. The first-order chi connectivity index (χ1) is 9.92. The predicted octanol–water partition coefficient (Wildman–Crippen LogP) is 2.38. The van der Waals surface area contributed by atoms with E-state index >= 15 is 0 Å². The summed E-state index contributed by atoms with van der Waals surface area (Å²) in [7, 11) is 0. The van der Waals surface area contributed by atoms with Crippen LogP contribution in [0.3, 0.4) is 0 Å². The fourth-order valence-electron chi connectivity index (χ4n) is 3.22. The molecule has 5 nitrogen and oxygen atoms in total. The molecule has 2 saturated heterocycles. The summed E-state index contributed by atoms with van der Waals surface area (Å²) in [4.78, 5) is 20.5. The maximum absolute atomic E-state index is 12.1. The number of ether oxygens (including phenoxy) is 1. The zero-order chi connectivity index (χ0) is 15.0. The first-order valence-corrected chi connectivity index (χ1v) is 7.55. The molecule has 2 aliphatic rings. The minimum Gasteiger partial charge on any atom is -0.444 e. The van der Waals surface area contributed by atoms with Crippen molar-refractivity contribution in [2.75, 3.05) is 31.1 Å². The summed E-state index contributed by atoms with van der Waals surface area (Å²) in [5, 5.41) is 0. The number of fused-ring (bicyclic) bond motifs is 1. The van der Waals surface area contributed by atoms with E-state index in [9.17, 15) is 4.79 Å². The minimum absolute atomic E-state index is 0.176. The second kappa shape index (κ2) is 5.20. The van der Waals surface area contributed by atoms with Gasteiger partial charge < -0.3 is 14.5 Å². The Balaban J connectivity index is 1.58. The Labute approximate surface area is 125 Å². The van der Waals surface area contributed by atoms with Crippen LogP contribution in [0.15, 0.2) is 24.5 Å². The van der Waals surface area contributed by atoms with Gasteiger partial charge >= 0.3 is 6.09 Å². The molecule has 0 saturated carbocycles. The summed E-state index contributed by atoms with van der Waals surface area (Å²) in [5.41, 5.74) is 0.756. The molecule has 2 fully saturated rings. The number of aromatic nitrogens is 1. The molecule has 0 radical (unpaired) electrons. The molecule has 21 heavy (non-hydrogen) atoms. The molecule has 3 rings (SSSR count). The highest BCUT2D eigenvalue weighted by atomic mass is 16.6. The number of amides is 1. The van der Waals surface area contributed by atoms with Gasteiger partial charge in [-0.3, -0.25) is 4.98 Å². The predicted molar refractivity (Wildman–Crippen MR) is 81.2 cm³/mol. The molecule has 2 aliphatic heterocycles. The lowest BCUT2D eigenvalue weighted by Crippen LogP contribution is -2.37. The molecule has 0 N–H and O–H groups in total. The van der Waals surface area contributed by atoms with Gasteiger partial charge in [-0.25, -0.2) is 4.79 Å². The zero-order valence-electron chi connectivity index (χ0n) is 13.0. The minimum atomic E-state index is -0.420. The van der Waals surface area contributed by atoms with Crippen molar-refractivity contribution in [1.29, 1.82) is 0 Å². The molecule has 3 heterocycles. The summed E-state index contributed by atoms with van der Waals surface area (Å²) < 4.78 is 5.46. The first kappa shape index (κ1) is 14.2. The van der Waals surface area contributed by atoms with Crippen LogP contribution < -0.4 is 4.90 Å². The maximum Gasteiger partial charge on any atom is 0.410 e. The molecule has 0 bridgehead atoms. The third-order valence-electron chi connectivity index (χ3n) is 4.15. The van der Waals surface area contributed by atoms with Crippen molar-refractivity contribution in [2.24, 2.45) is 11.8 Å². The quantitative estimate of drug-likeness (QED) is 0.796. The molecule has 0 aliphatic carbocycles. The monoisotopic (exact) mass is 289 g/mol. The number of pyridine rings is 1. The van der Waals surface area contributed by atoms with Crippen molar-refractivity contribution in [1.82, 2.24) is 9.88 Å². The Hall–Kier alpha value is -1.78. The standard InChI is InChI=1S/C16H23N3O2/c1-16(2,3)21-15(20)19-10-12-8-18(9-13(12)11-19)14-5-4-6-17-7-14/h4-7,12-13H,8-11H2,1-3H3. The van der Waals surface area contributed by atoms with Crippen molar-refractivity contribution in [3.8, 4) is 0 Å². The van der Waals surface area contributed by atoms with E-state index in [-0.39, 0.29) is 6.09 Å². The van der Waals surface area contributed by atoms with Crippen LogP contribution in [-0.2, 0) is 4.74 Å². The van der Waals surface area contributed by atoms with Gasteiger partial charge in [-0.05, 0) is 32.9 Å². The lowest BCUT2D eigenvalue weighted by molar-refractivity contribution is 0.0282. The summed E-state index contributed by atoms with van der Waals surface area (Å²) >= 11 is 0. The molecule has 1 aromatic rings. The lowest BCUT2D eigenvalue weighted by atomic mass is 10.0. The fraction of sp³-hybridized carbons (Fsp3) is 0.625. The lowest BCUT2D eigenvalue weighted by Gasteiger charge is -2.26. The highest BCUT2D eigenvalue weighted by Gasteiger charge is 2.42. The molecule has 114 valence electrons. The average molecular weight is 289 g/mol. The molecule has 2 unspecified atom stereocenters. The van der Waals surface area contributed by atoms with Crippen LogP contribution in [-0.4, -0.2) is 47.8 Å². The second-order valence-corrected chi connectivity index (χ2v) is 7.02. The third kappa shape index (κ3) is 3.12. The van der Waals surface area contributed by atoms with Crippen molar-refractivity contribution in [3.05, 3.63) is 24.5 Å². The second-order valence-electron chi connectivity index (χ2n) is 7.02. The SMILES string of the molecule is CC(C)(C)OC(=O)N1CC2CN(c3cccnc3)CC2C1. The number of hydrogen-bond acceptors (Lipinski definition) is 4. The van der Waals surface area contributed by atoms with E-state index < -0.39 is 5.60 Å². The summed E-state index contributed by atoms with van der Waals surface area (Å²) in [5.74, 6) is 1.08. The smallest absolute Gasteiger partial charge is 0.410 e. The highest BCUT2D eigenvalue weighted by molar-refractivity contribution is 5.68. The van der Waals surface area contributed by atoms with Gasteiger partial charge in [0.1, 0.15) is 5.60 Å². The summed E-state index contributed by atoms with van der Waals surface area (Å²) in [6.45, 7) is 9.32. The number of likely N-dealkylation sites (tertiary alicyclic amines) is 1. The molecule has 1 aromatic heterocycles. The largest absolute Gasteiger partial charge is 0.444 e. The van der Waals surface area contributed by atoms with Crippen LogP contribution in [0, 0.1) is 11.8 Å². The van der Waals surface area contributed by atoms with Gasteiger partial charge in [0.2, 0.25) is 0 Å². The van der Waals surface area contributed by atoms with Crippen molar-refractivity contribution in [3.63, 3.8) is 0 Å². The molecule has 0 aromatic carbocycles. The normalized spacial score (nSPS) is 25.1. The van der Waals surface area contributed by atoms with Crippen LogP contribution in [0.5, 0.6) is 0 Å². The van der Waals surface area contributed by atoms with Crippen molar-refractivity contribution in [2.45, 2.75) is 26.4 Å². The number of anilines is 1. The van der Waals surface area contributed by atoms with Crippen LogP contribution in [0.1, 0.15) is 20.8 Å². The topological polar surface area (TPSA) is 45.7 Å². The van der Waals surface area contributed by atoms with Gasteiger partial charge in [0.15, 0.2) is 0 Å². The van der Waals surface area contributed by atoms with Gasteiger partial charge in [-0.1, -0.05) is 0 Å². The third-order valence-corrected chi connectivity index (χ3v) is 4.15. The van der Waals surface area contributed by atoms with Gasteiger partial charge in [0.25, 0.3) is 0 Å². The van der Waals surface area contributed by atoms with E-state index in [0.29, 0.717) is 11.8 Å². The molecule has 1 amide bonds. The van der Waals surface area contributed by atoms with Crippen LogP contribution >= 0.6 is 0 Å². The number of carbonyl (C=O) groups excluding carboxylic acids is 1. The van der Waals surface area contributed by atoms with E-state index in [0.717, 1.165) is 26.2 Å². The maximum atomic E-state index is 12.1. The molecule has 5 heteroatoms. The van der Waals surface area contributed by atoms with E-state index in [1.54, 1.807) is 6.20 Å². The molecule has 0 spiro atoms. The Morgan fingerprint density at radius 2 is 1.90 bits per heavy atom. The Morgan fingerprint density at radius 1 is 1.24 bits per heavy atom. The Kier molecular flexibility index (Phi) is 3.51. The van der Waals surface area contributed by atoms with Crippen molar-refractivity contribution < 1.29 is 9.53 Å². The van der Waals surface area contributed by atoms with Crippen molar-refractivity contribution >= 4 is 11.8 Å². The van der Waals surface area contributed by atoms with Crippen LogP contribution in [0.2, 0.25) is 0 Å². The fourth-order valence-corrected chi connectivity index (χ4v) is 3.22. The number of hydrogen-bond donors (Lipinski definition) is 0. The van der Waals surface area contributed by atoms with E-state index in [1.807, 2.05) is 37.9 Å². The summed E-state index contributed by atoms with van der Waals surface area (Å²) in [6, 6.07) is 4.07. The van der Waals surface area contributed by atoms with Gasteiger partial charge in [-0.15, -0.1) is 0 Å². The molecule has 2 atom stereocenters. The van der Waals surface area contributed by atoms with E-state index in [2.05, 4.69) is 16.0 Å². The Morgan fingerprint density at radius 3 is 2.43 bits per heavy atom. The van der Waals surface area contributed by atoms with Gasteiger partial charge in [0.05, 0.1) is 11.9 Å². The highest BCUT2D eigenvalue weighted by Crippen LogP contribution is 2.34. The number of carbonyl (C=O) groups is 1. The first-order valence-electron chi connectivity index (χ1n) is 7.55. The van der Waals surface area contributed by atoms with E-state index in [4.69, 9.17) is 4.74 Å². The van der Waals surface area contributed by atoms with Crippen LogP contribution in [0.25, 0.3) is 0 Å². The van der Waals surface area contributed by atoms with Gasteiger partial charge in [-0.2, -0.15) is 0 Å². The number of nitrogens with zero attached hydrogens (tertiary/aromatic N) is 3. The Bertz CT molecular complexity index is 498. The molecular formula is C16H23N3O2. The van der Waals surface area contributed by atoms with E-state index in [1.165, 1.54) is 5.69 Å². The zero-order valence-corrected chi connectivity index (χ0v) is 13.0. The van der Waals surface area contributed by atoms with Crippen LogP contribution in [0.4, 0.5) is 10.5 Å². The van der Waals surface area contributed by atoms with Gasteiger partial charge in [0, 0.05) is 44.2 Å². The summed E-state index contributed by atoms with van der Waals surface area (Å²) in [6.07, 6.45) is 3.53. The molecular weight excluding hydrogens is 266 g/mol.